The highest BCUT2D eigenvalue weighted by molar-refractivity contribution is 6.02. The van der Waals surface area contributed by atoms with Crippen LogP contribution in [0.15, 0.2) is 54.7 Å². The van der Waals surface area contributed by atoms with Gasteiger partial charge in [-0.25, -0.2) is 0 Å². The normalized spacial score (nSPS) is 10.7. The molecule has 0 saturated heterocycles. The maximum atomic E-state index is 11.2. The molecule has 5 nitrogen and oxygen atoms in total. The number of hydrogen-bond acceptors (Lipinski definition) is 4. The van der Waals surface area contributed by atoms with Gasteiger partial charge in [-0.15, -0.1) is 0 Å². The van der Waals surface area contributed by atoms with Gasteiger partial charge in [-0.05, 0) is 18.2 Å². The second-order valence-electron chi connectivity index (χ2n) is 5.04. The standard InChI is InChI=1S/C18H17NO4/c1-22-16-8-4-5-9-17(16)23-11-10-19-12-14(18(20)21)13-6-2-3-7-15(13)19/h2-9,12H,10-11H2,1H3,(H,20,21)/p-1. The first kappa shape index (κ1) is 15.0. The fourth-order valence-electron chi connectivity index (χ4n) is 2.59. The van der Waals surface area contributed by atoms with Crippen molar-refractivity contribution >= 4 is 16.9 Å². The van der Waals surface area contributed by atoms with Gasteiger partial charge < -0.3 is 23.9 Å². The molecule has 0 N–H and O–H groups in total. The number of carbonyl (C=O) groups is 1. The first-order valence-electron chi connectivity index (χ1n) is 7.25. The van der Waals surface area contributed by atoms with Crippen molar-refractivity contribution in [1.29, 1.82) is 0 Å². The van der Waals surface area contributed by atoms with Gasteiger partial charge in [0, 0.05) is 22.7 Å². The van der Waals surface area contributed by atoms with E-state index in [1.807, 2.05) is 47.0 Å². The fraction of sp³-hybridized carbons (Fsp3) is 0.167. The third-order valence-electron chi connectivity index (χ3n) is 3.67. The highest BCUT2D eigenvalue weighted by Crippen LogP contribution is 2.26. The van der Waals surface area contributed by atoms with Gasteiger partial charge in [0.05, 0.1) is 19.6 Å². The number of para-hydroxylation sites is 3. The van der Waals surface area contributed by atoms with Gasteiger partial charge in [0.25, 0.3) is 0 Å². The molecule has 0 fully saturated rings. The van der Waals surface area contributed by atoms with Crippen LogP contribution in [0.4, 0.5) is 0 Å². The summed E-state index contributed by atoms with van der Waals surface area (Å²) < 4.78 is 12.8. The summed E-state index contributed by atoms with van der Waals surface area (Å²) in [6.45, 7) is 0.914. The summed E-state index contributed by atoms with van der Waals surface area (Å²) in [5.74, 6) is 0.150. The zero-order chi connectivity index (χ0) is 16.2. The lowest BCUT2D eigenvalue weighted by Crippen LogP contribution is -2.21. The van der Waals surface area contributed by atoms with Crippen LogP contribution in [0, 0.1) is 0 Å². The van der Waals surface area contributed by atoms with Crippen molar-refractivity contribution in [2.75, 3.05) is 13.7 Å². The van der Waals surface area contributed by atoms with E-state index < -0.39 is 5.97 Å². The fourth-order valence-corrected chi connectivity index (χ4v) is 2.59. The van der Waals surface area contributed by atoms with Crippen LogP contribution in [0.1, 0.15) is 10.4 Å². The molecule has 0 aliphatic heterocycles. The van der Waals surface area contributed by atoms with E-state index in [0.717, 1.165) is 5.52 Å². The summed E-state index contributed by atoms with van der Waals surface area (Å²) in [7, 11) is 1.59. The van der Waals surface area contributed by atoms with E-state index in [9.17, 15) is 9.90 Å². The van der Waals surface area contributed by atoms with Gasteiger partial charge in [-0.3, -0.25) is 0 Å². The molecule has 3 aromatic rings. The topological polar surface area (TPSA) is 63.5 Å². The molecule has 0 amide bonds. The number of nitrogens with zero attached hydrogens (tertiary/aromatic N) is 1. The maximum absolute atomic E-state index is 11.2. The van der Waals surface area contributed by atoms with Crippen LogP contribution in [-0.2, 0) is 6.54 Å². The van der Waals surface area contributed by atoms with E-state index in [0.29, 0.717) is 30.0 Å². The van der Waals surface area contributed by atoms with E-state index in [-0.39, 0.29) is 5.56 Å². The van der Waals surface area contributed by atoms with Crippen LogP contribution in [-0.4, -0.2) is 24.3 Å². The lowest BCUT2D eigenvalue weighted by atomic mass is 10.2. The molecule has 5 heteroatoms. The Labute approximate surface area is 133 Å². The number of benzene rings is 2. The monoisotopic (exact) mass is 310 g/mol. The summed E-state index contributed by atoms with van der Waals surface area (Å²) in [6.07, 6.45) is 1.59. The van der Waals surface area contributed by atoms with Crippen molar-refractivity contribution in [2.45, 2.75) is 6.54 Å². The van der Waals surface area contributed by atoms with Crippen molar-refractivity contribution in [2.24, 2.45) is 0 Å². The SMILES string of the molecule is COc1ccccc1OCCn1cc(C(=O)[O-])c2ccccc21. The Bertz CT molecular complexity index is 838. The Morgan fingerprint density at radius 1 is 1.09 bits per heavy atom. The van der Waals surface area contributed by atoms with Crippen LogP contribution < -0.4 is 14.6 Å². The minimum absolute atomic E-state index is 0.192. The minimum Gasteiger partial charge on any atom is -0.545 e. The van der Waals surface area contributed by atoms with Crippen molar-refractivity contribution in [3.05, 3.63) is 60.3 Å². The van der Waals surface area contributed by atoms with Crippen molar-refractivity contribution in [3.8, 4) is 11.5 Å². The molecule has 0 aliphatic carbocycles. The van der Waals surface area contributed by atoms with Crippen LogP contribution in [0.3, 0.4) is 0 Å². The van der Waals surface area contributed by atoms with Gasteiger partial charge >= 0.3 is 0 Å². The number of carboxylic acids is 1. The average Bonchev–Trinajstić information content (AvgIpc) is 2.95. The Morgan fingerprint density at radius 3 is 2.52 bits per heavy atom. The number of methoxy groups -OCH3 is 1. The van der Waals surface area contributed by atoms with Crippen LogP contribution in [0.2, 0.25) is 0 Å². The van der Waals surface area contributed by atoms with E-state index >= 15 is 0 Å². The van der Waals surface area contributed by atoms with Crippen molar-refractivity contribution in [1.82, 2.24) is 4.57 Å². The van der Waals surface area contributed by atoms with Gasteiger partial charge in [0.1, 0.15) is 6.61 Å². The second kappa shape index (κ2) is 6.44. The van der Waals surface area contributed by atoms with Crippen molar-refractivity contribution in [3.63, 3.8) is 0 Å². The molecule has 2 aromatic carbocycles. The molecule has 0 radical (unpaired) electrons. The number of aromatic carboxylic acids is 1. The van der Waals surface area contributed by atoms with Gasteiger partial charge in [-0.1, -0.05) is 30.3 Å². The van der Waals surface area contributed by atoms with Gasteiger partial charge in [0.2, 0.25) is 0 Å². The number of hydrogen-bond donors (Lipinski definition) is 0. The number of carboxylic acid groups (broad SMARTS) is 1. The van der Waals surface area contributed by atoms with Crippen LogP contribution >= 0.6 is 0 Å². The summed E-state index contributed by atoms with van der Waals surface area (Å²) in [6, 6.07) is 14.7. The number of aromatic nitrogens is 1. The highest BCUT2D eigenvalue weighted by atomic mass is 16.5. The molecule has 0 atom stereocenters. The number of carbonyl (C=O) groups excluding carboxylic acids is 1. The zero-order valence-electron chi connectivity index (χ0n) is 12.7. The lowest BCUT2D eigenvalue weighted by Gasteiger charge is -2.11. The summed E-state index contributed by atoms with van der Waals surface area (Å²) >= 11 is 0. The molecule has 0 aliphatic rings. The molecule has 0 spiro atoms. The van der Waals surface area contributed by atoms with E-state index in [4.69, 9.17) is 9.47 Å². The first-order valence-corrected chi connectivity index (χ1v) is 7.25. The molecule has 0 saturated carbocycles. The quantitative estimate of drug-likeness (QED) is 0.699. The molecular weight excluding hydrogens is 294 g/mol. The number of ether oxygens (including phenoxy) is 2. The third kappa shape index (κ3) is 2.99. The molecule has 118 valence electrons. The predicted molar refractivity (Wildman–Crippen MR) is 84.8 cm³/mol. The third-order valence-corrected chi connectivity index (χ3v) is 3.67. The Morgan fingerprint density at radius 2 is 1.78 bits per heavy atom. The Kier molecular flexibility index (Phi) is 4.19. The van der Waals surface area contributed by atoms with E-state index in [1.54, 1.807) is 19.4 Å². The summed E-state index contributed by atoms with van der Waals surface area (Å²) in [4.78, 5) is 11.2. The zero-order valence-corrected chi connectivity index (χ0v) is 12.7. The van der Waals surface area contributed by atoms with Gasteiger partial charge in [-0.2, -0.15) is 0 Å². The van der Waals surface area contributed by atoms with E-state index in [2.05, 4.69) is 0 Å². The molecule has 1 aromatic heterocycles. The molecule has 23 heavy (non-hydrogen) atoms. The Balaban J connectivity index is 1.79. The highest BCUT2D eigenvalue weighted by Gasteiger charge is 2.09. The smallest absolute Gasteiger partial charge is 0.161 e. The van der Waals surface area contributed by atoms with E-state index in [1.165, 1.54) is 0 Å². The predicted octanol–water partition coefficient (Wildman–Crippen LogP) is 2.09. The lowest BCUT2D eigenvalue weighted by molar-refractivity contribution is -0.254. The maximum Gasteiger partial charge on any atom is 0.161 e. The van der Waals surface area contributed by atoms with Crippen LogP contribution in [0.5, 0.6) is 11.5 Å². The average molecular weight is 310 g/mol. The minimum atomic E-state index is -1.18. The molecule has 3 rings (SSSR count). The van der Waals surface area contributed by atoms with Gasteiger partial charge in [0.15, 0.2) is 11.5 Å². The Hall–Kier alpha value is -2.95. The number of rotatable bonds is 6. The molecule has 0 unspecified atom stereocenters. The van der Waals surface area contributed by atoms with Crippen LogP contribution in [0.25, 0.3) is 10.9 Å². The largest absolute Gasteiger partial charge is 0.545 e. The summed E-state index contributed by atoms with van der Waals surface area (Å²) in [5, 5.41) is 11.9. The number of fused-ring (bicyclic) bond motifs is 1. The molecule has 0 bridgehead atoms. The summed E-state index contributed by atoms with van der Waals surface area (Å²) in [5.41, 5.74) is 1.04. The second-order valence-corrected chi connectivity index (χ2v) is 5.04. The molecular formula is C18H16NO4-. The first-order chi connectivity index (χ1) is 11.2. The van der Waals surface area contributed by atoms with Crippen molar-refractivity contribution < 1.29 is 19.4 Å². The molecule has 1 heterocycles.